The normalized spacial score (nSPS) is 21.3. The fourth-order valence-electron chi connectivity index (χ4n) is 5.63. The number of alkyl carbamates (subject to hydrolysis) is 1. The summed E-state index contributed by atoms with van der Waals surface area (Å²) in [6.07, 6.45) is -1.15. The predicted molar refractivity (Wildman–Crippen MR) is 165 cm³/mol. The fourth-order valence-corrected chi connectivity index (χ4v) is 7.31. The zero-order valence-electron chi connectivity index (χ0n) is 25.9. The number of amides is 1. The summed E-state index contributed by atoms with van der Waals surface area (Å²) in [7, 11) is -0.428. The number of hydrogen-bond donors (Lipinski definition) is 2. The Morgan fingerprint density at radius 1 is 1.18 bits per heavy atom. The van der Waals surface area contributed by atoms with Crippen molar-refractivity contribution in [2.24, 2.45) is 11.3 Å². The Bertz CT molecular complexity index is 1400. The molecule has 0 aromatic heterocycles. The molecule has 2 aromatic rings. The van der Waals surface area contributed by atoms with E-state index in [0.29, 0.717) is 18.7 Å². The third-order valence-corrected chi connectivity index (χ3v) is 10.00. The van der Waals surface area contributed by atoms with E-state index in [1.165, 1.54) is 10.4 Å². The van der Waals surface area contributed by atoms with E-state index in [9.17, 15) is 23.6 Å². The van der Waals surface area contributed by atoms with Gasteiger partial charge in [-0.05, 0) is 48.4 Å². The molecule has 5 atom stereocenters. The lowest BCUT2D eigenvalue weighted by Gasteiger charge is -2.35. The Labute approximate surface area is 260 Å². The van der Waals surface area contributed by atoms with Gasteiger partial charge >= 0.3 is 6.09 Å². The third-order valence-electron chi connectivity index (χ3n) is 8.19. The van der Waals surface area contributed by atoms with Crippen LogP contribution in [0.2, 0.25) is 0 Å². The highest BCUT2D eigenvalue weighted by Crippen LogP contribution is 2.33. The van der Waals surface area contributed by atoms with Crippen molar-refractivity contribution in [2.45, 2.75) is 69.0 Å². The highest BCUT2D eigenvalue weighted by Gasteiger charge is 2.44. The Hall–Kier alpha value is -3.21. The molecule has 2 aliphatic heterocycles. The van der Waals surface area contributed by atoms with Gasteiger partial charge < -0.3 is 29.5 Å². The van der Waals surface area contributed by atoms with Crippen molar-refractivity contribution in [3.05, 3.63) is 60.2 Å². The number of nitrogens with one attached hydrogen (secondary N) is 1. The molecule has 240 valence electrons. The van der Waals surface area contributed by atoms with E-state index in [4.69, 9.17) is 14.2 Å². The van der Waals surface area contributed by atoms with Crippen LogP contribution in [0.1, 0.15) is 38.7 Å². The average Bonchev–Trinajstić information content (AvgIpc) is 3.61. The van der Waals surface area contributed by atoms with E-state index in [1.807, 2.05) is 69.2 Å². The number of nitrogens with zero attached hydrogens (tertiary/aromatic N) is 3. The summed E-state index contributed by atoms with van der Waals surface area (Å²) >= 11 is 0. The van der Waals surface area contributed by atoms with Crippen molar-refractivity contribution >= 4 is 21.8 Å². The Morgan fingerprint density at radius 2 is 1.93 bits per heavy atom. The first-order chi connectivity index (χ1) is 20.9. The Morgan fingerprint density at radius 3 is 2.64 bits per heavy atom. The average molecular weight is 629 g/mol. The Balaban J connectivity index is 1.59. The summed E-state index contributed by atoms with van der Waals surface area (Å²) < 4.78 is 46.4. The van der Waals surface area contributed by atoms with Gasteiger partial charge in [-0.15, -0.1) is 0 Å². The number of carbonyl (C=O) groups is 1. The van der Waals surface area contributed by atoms with Crippen LogP contribution < -0.4 is 10.2 Å². The van der Waals surface area contributed by atoms with Gasteiger partial charge in [0.05, 0.1) is 42.2 Å². The smallest absolute Gasteiger partial charge is 0.407 e. The van der Waals surface area contributed by atoms with Crippen LogP contribution in [0.15, 0.2) is 59.5 Å². The predicted octanol–water partition coefficient (Wildman–Crippen LogP) is 3.53. The summed E-state index contributed by atoms with van der Waals surface area (Å²) in [5.41, 5.74) is 1.01. The summed E-state index contributed by atoms with van der Waals surface area (Å²) in [5, 5.41) is 23.6. The number of hydrogen-bond acceptors (Lipinski definition) is 9. The van der Waals surface area contributed by atoms with Crippen LogP contribution >= 0.6 is 0 Å². The molecule has 0 spiro atoms. The standard InChI is InChI=1S/C32H44N4O7S/c1-32(2,15-9-16-33)22-36(44(39,40)25-13-8-12-24(19-25)35(3)4)20-28(37)27(18-23-10-6-5-7-11-23)34-31(38)43-29-21-42-30-26(29)14-17-41-30/h5-8,10-13,19,26-30,37H,9,14-15,17-18,20-22H2,1-4H3,(H,34,38)/t26?,27-,28+,29?,30?/m0/s1. The SMILES string of the molecule is CN(C)c1cccc(S(=O)(=O)N(C[C@@H](O)[C@H](Cc2ccccc2)NC(=O)OC2COC3OCCC23)CC(C)(C)CCC#N)c1. The number of carbonyl (C=O) groups excluding carboxylic acids is 1. The molecule has 3 unspecified atom stereocenters. The van der Waals surface area contributed by atoms with Crippen LogP contribution in [0.4, 0.5) is 10.5 Å². The topological polar surface area (TPSA) is 141 Å². The van der Waals surface area contributed by atoms with E-state index in [2.05, 4.69) is 11.4 Å². The van der Waals surface area contributed by atoms with Crippen molar-refractivity contribution in [1.82, 2.24) is 9.62 Å². The molecule has 4 rings (SSSR count). The number of aliphatic hydroxyl groups excluding tert-OH is 1. The maximum Gasteiger partial charge on any atom is 0.407 e. The van der Waals surface area contributed by atoms with Crippen molar-refractivity contribution in [2.75, 3.05) is 45.3 Å². The lowest BCUT2D eigenvalue weighted by Crippen LogP contribution is -2.52. The Kier molecular flexibility index (Phi) is 11.3. The molecule has 12 heteroatoms. The van der Waals surface area contributed by atoms with Gasteiger partial charge in [0.2, 0.25) is 10.0 Å². The number of anilines is 1. The molecule has 2 aromatic carbocycles. The second kappa shape index (κ2) is 14.7. The second-order valence-electron chi connectivity index (χ2n) is 12.5. The van der Waals surface area contributed by atoms with Gasteiger partial charge in [-0.1, -0.05) is 50.2 Å². The van der Waals surface area contributed by atoms with Gasteiger partial charge in [-0.25, -0.2) is 13.2 Å². The third kappa shape index (κ3) is 8.70. The number of rotatable bonds is 14. The zero-order chi connectivity index (χ0) is 31.9. The number of aliphatic hydroxyl groups is 1. The number of nitriles is 1. The van der Waals surface area contributed by atoms with Crippen LogP contribution in [-0.4, -0.2) is 88.9 Å². The molecular formula is C32H44N4O7S. The first kappa shape index (κ1) is 33.7. The lowest BCUT2D eigenvalue weighted by molar-refractivity contribution is -0.0907. The van der Waals surface area contributed by atoms with Crippen molar-refractivity contribution < 1.29 is 32.5 Å². The molecule has 44 heavy (non-hydrogen) atoms. The fraction of sp³-hybridized carbons (Fsp3) is 0.562. The van der Waals surface area contributed by atoms with Crippen molar-refractivity contribution in [1.29, 1.82) is 5.26 Å². The zero-order valence-corrected chi connectivity index (χ0v) is 26.7. The molecule has 0 radical (unpaired) electrons. The summed E-state index contributed by atoms with van der Waals surface area (Å²) in [6, 6.07) is 17.2. The van der Waals surface area contributed by atoms with Crippen molar-refractivity contribution in [3.63, 3.8) is 0 Å². The van der Waals surface area contributed by atoms with E-state index < -0.39 is 39.8 Å². The summed E-state index contributed by atoms with van der Waals surface area (Å²) in [5.74, 6) is -0.0487. The quantitative estimate of drug-likeness (QED) is 0.321. The molecule has 11 nitrogen and oxygen atoms in total. The molecule has 0 saturated carbocycles. The number of sulfonamides is 1. The van der Waals surface area contributed by atoms with E-state index in [-0.39, 0.29) is 49.6 Å². The largest absolute Gasteiger partial charge is 0.443 e. The monoisotopic (exact) mass is 628 g/mol. The van der Waals surface area contributed by atoms with Crippen molar-refractivity contribution in [3.8, 4) is 6.07 Å². The van der Waals surface area contributed by atoms with Crippen LogP contribution in [0.3, 0.4) is 0 Å². The minimum Gasteiger partial charge on any atom is -0.443 e. The highest BCUT2D eigenvalue weighted by atomic mass is 32.2. The van der Waals surface area contributed by atoms with Gasteiger partial charge in [0, 0.05) is 39.3 Å². The van der Waals surface area contributed by atoms with Gasteiger partial charge in [-0.3, -0.25) is 0 Å². The van der Waals surface area contributed by atoms with Crippen LogP contribution in [0.25, 0.3) is 0 Å². The summed E-state index contributed by atoms with van der Waals surface area (Å²) in [6.45, 7) is 4.34. The van der Waals surface area contributed by atoms with E-state index >= 15 is 0 Å². The minimum absolute atomic E-state index is 0.0487. The molecule has 0 aliphatic carbocycles. The molecule has 2 N–H and O–H groups in total. The number of benzene rings is 2. The minimum atomic E-state index is -4.08. The van der Waals surface area contributed by atoms with Gasteiger partial charge in [0.25, 0.3) is 0 Å². The maximum atomic E-state index is 14.1. The number of fused-ring (bicyclic) bond motifs is 1. The molecule has 2 saturated heterocycles. The maximum absolute atomic E-state index is 14.1. The van der Waals surface area contributed by atoms with E-state index in [0.717, 1.165) is 12.0 Å². The van der Waals surface area contributed by atoms with Gasteiger partial charge in [0.1, 0.15) is 6.10 Å². The second-order valence-corrected chi connectivity index (χ2v) is 14.4. The molecule has 2 aliphatic rings. The van der Waals surface area contributed by atoms with Gasteiger partial charge in [0.15, 0.2) is 6.29 Å². The van der Waals surface area contributed by atoms with E-state index in [1.54, 1.807) is 12.1 Å². The molecular weight excluding hydrogens is 584 g/mol. The first-order valence-electron chi connectivity index (χ1n) is 15.0. The van der Waals surface area contributed by atoms with Crippen LogP contribution in [-0.2, 0) is 30.7 Å². The molecule has 2 heterocycles. The first-order valence-corrected chi connectivity index (χ1v) is 16.4. The molecule has 1 amide bonds. The molecule has 2 fully saturated rings. The summed E-state index contributed by atoms with van der Waals surface area (Å²) in [4.78, 5) is 15.0. The molecule has 0 bridgehead atoms. The highest BCUT2D eigenvalue weighted by molar-refractivity contribution is 7.89. The van der Waals surface area contributed by atoms with Gasteiger partial charge in [-0.2, -0.15) is 9.57 Å². The number of ether oxygens (including phenoxy) is 3. The van der Waals surface area contributed by atoms with Crippen LogP contribution in [0.5, 0.6) is 0 Å². The van der Waals surface area contributed by atoms with Crippen LogP contribution in [0, 0.1) is 22.7 Å². The lowest BCUT2D eigenvalue weighted by atomic mass is 9.88.